The van der Waals surface area contributed by atoms with Crippen LogP contribution in [0.15, 0.2) is 0 Å². The normalized spacial score (nSPS) is 26.3. The van der Waals surface area contributed by atoms with Crippen LogP contribution in [-0.4, -0.2) is 96.6 Å². The Kier molecular flexibility index (Phi) is 10.2. The maximum absolute atomic E-state index is 13.4. The van der Waals surface area contributed by atoms with E-state index in [0.29, 0.717) is 64.5 Å². The molecule has 2 saturated carbocycles. The monoisotopic (exact) mass is 514 g/mol. The number of amides is 2. The molecule has 12 nitrogen and oxygen atoms in total. The second kappa shape index (κ2) is 12.3. The highest BCUT2D eigenvalue weighted by atomic mass is 16.8. The Morgan fingerprint density at radius 1 is 0.694 bits per heavy atom. The van der Waals surface area contributed by atoms with Gasteiger partial charge >= 0.3 is 29.4 Å². The molecule has 0 aromatic carbocycles. The van der Waals surface area contributed by atoms with Gasteiger partial charge in [0.2, 0.25) is 0 Å². The predicted octanol–water partition coefficient (Wildman–Crippen LogP) is -0.843. The predicted molar refractivity (Wildman–Crippen MR) is 128 cm³/mol. The summed E-state index contributed by atoms with van der Waals surface area (Å²) < 4.78 is 10.9. The Bertz CT molecular complexity index is 762. The Morgan fingerprint density at radius 2 is 1.03 bits per heavy atom. The van der Waals surface area contributed by atoms with Gasteiger partial charge in [-0.2, -0.15) is 0 Å². The first-order chi connectivity index (χ1) is 16.8. The highest BCUT2D eigenvalue weighted by Gasteiger charge is 2.69. The van der Waals surface area contributed by atoms with Gasteiger partial charge in [-0.3, -0.25) is 19.2 Å². The Balaban J connectivity index is 2.45. The first-order valence-corrected chi connectivity index (χ1v) is 12.5. The van der Waals surface area contributed by atoms with Gasteiger partial charge in [0.25, 0.3) is 5.91 Å². The summed E-state index contributed by atoms with van der Waals surface area (Å²) in [6.45, 7) is 0.950. The number of nitrogens with zero attached hydrogens (tertiary/aromatic N) is 2. The number of hydrogen-bond acceptors (Lipinski definition) is 10. The zero-order chi connectivity index (χ0) is 27.3. The highest BCUT2D eigenvalue weighted by Crippen LogP contribution is 2.37. The van der Waals surface area contributed by atoms with Crippen LogP contribution >= 0.6 is 0 Å². The molecular formula is C24H42N4O8. The number of carbonyl (C=O) groups is 4. The quantitative estimate of drug-likeness (QED) is 0.223. The number of nitrogens with two attached hydrogens (primary N) is 2. The molecule has 2 amide bonds. The van der Waals surface area contributed by atoms with E-state index in [2.05, 4.69) is 0 Å². The molecule has 0 atom stereocenters. The van der Waals surface area contributed by atoms with E-state index in [1.165, 1.54) is 28.2 Å². The molecule has 0 unspecified atom stereocenters. The van der Waals surface area contributed by atoms with Crippen molar-refractivity contribution in [3.05, 3.63) is 0 Å². The van der Waals surface area contributed by atoms with E-state index >= 15 is 0 Å². The third-order valence-electron chi connectivity index (χ3n) is 7.37. The molecular weight excluding hydrogens is 472 g/mol. The molecule has 0 aromatic heterocycles. The molecule has 2 aliphatic carbocycles. The van der Waals surface area contributed by atoms with Gasteiger partial charge in [0, 0.05) is 28.2 Å². The highest BCUT2D eigenvalue weighted by molar-refractivity contribution is 5.98. The van der Waals surface area contributed by atoms with Crippen molar-refractivity contribution in [2.24, 2.45) is 35.1 Å². The van der Waals surface area contributed by atoms with Gasteiger partial charge in [-0.25, -0.2) is 0 Å². The lowest BCUT2D eigenvalue weighted by molar-refractivity contribution is -0.335. The third-order valence-corrected chi connectivity index (χ3v) is 7.37. The molecule has 0 heterocycles. The molecule has 6 N–H and O–H groups in total. The van der Waals surface area contributed by atoms with Crippen LogP contribution in [0, 0.1) is 23.7 Å². The largest absolute Gasteiger partial charge is 0.408 e. The minimum Gasteiger partial charge on any atom is -0.408 e. The average molecular weight is 515 g/mol. The van der Waals surface area contributed by atoms with E-state index in [0.717, 1.165) is 9.80 Å². The number of esters is 2. The fourth-order valence-corrected chi connectivity index (χ4v) is 4.86. The summed E-state index contributed by atoms with van der Waals surface area (Å²) in [5.74, 6) is -12.5. The molecule has 2 fully saturated rings. The van der Waals surface area contributed by atoms with E-state index in [4.69, 9.17) is 20.9 Å². The molecule has 12 heteroatoms. The van der Waals surface area contributed by atoms with Crippen molar-refractivity contribution in [2.75, 3.05) is 41.3 Å². The molecule has 0 aliphatic heterocycles. The number of rotatable bonds is 9. The molecule has 2 aliphatic rings. The molecule has 206 valence electrons. The number of carbonyl (C=O) groups excluding carboxylic acids is 4. The summed E-state index contributed by atoms with van der Waals surface area (Å²) in [5, 5.41) is 22.1. The van der Waals surface area contributed by atoms with Crippen LogP contribution in [0.3, 0.4) is 0 Å². The van der Waals surface area contributed by atoms with E-state index in [1.54, 1.807) is 0 Å². The lowest BCUT2D eigenvalue weighted by Crippen LogP contribution is -2.72. The van der Waals surface area contributed by atoms with E-state index in [1.807, 2.05) is 0 Å². The van der Waals surface area contributed by atoms with Crippen LogP contribution < -0.4 is 11.5 Å². The minimum atomic E-state index is -3.69. The van der Waals surface area contributed by atoms with Gasteiger partial charge in [0.15, 0.2) is 0 Å². The van der Waals surface area contributed by atoms with Gasteiger partial charge in [0.1, 0.15) is 0 Å². The zero-order valence-corrected chi connectivity index (χ0v) is 21.8. The van der Waals surface area contributed by atoms with Crippen molar-refractivity contribution in [2.45, 2.75) is 62.9 Å². The second-order valence-electron chi connectivity index (χ2n) is 10.4. The third kappa shape index (κ3) is 6.34. The van der Waals surface area contributed by atoms with E-state index < -0.39 is 47.2 Å². The summed E-state index contributed by atoms with van der Waals surface area (Å²) in [6, 6.07) is 0. The van der Waals surface area contributed by atoms with E-state index in [9.17, 15) is 29.4 Å². The molecule has 36 heavy (non-hydrogen) atoms. The minimum absolute atomic E-state index is 0.244. The van der Waals surface area contributed by atoms with Crippen molar-refractivity contribution in [1.29, 1.82) is 0 Å². The number of hydrogen-bond donors (Lipinski definition) is 4. The van der Waals surface area contributed by atoms with Crippen LogP contribution in [-0.2, 0) is 28.7 Å². The van der Waals surface area contributed by atoms with Crippen LogP contribution in [0.5, 0.6) is 0 Å². The first-order valence-electron chi connectivity index (χ1n) is 12.5. The zero-order valence-electron chi connectivity index (χ0n) is 21.8. The van der Waals surface area contributed by atoms with E-state index in [-0.39, 0.29) is 11.8 Å². The number of aliphatic hydroxyl groups is 2. The second-order valence-corrected chi connectivity index (χ2v) is 10.4. The van der Waals surface area contributed by atoms with Crippen molar-refractivity contribution < 1.29 is 38.9 Å². The lowest BCUT2D eigenvalue weighted by Gasteiger charge is -2.42. The Morgan fingerprint density at radius 3 is 1.31 bits per heavy atom. The van der Waals surface area contributed by atoms with Gasteiger partial charge < -0.3 is 41.0 Å². The average Bonchev–Trinajstić information content (AvgIpc) is 2.86. The van der Waals surface area contributed by atoms with Crippen molar-refractivity contribution >= 4 is 23.8 Å². The summed E-state index contributed by atoms with van der Waals surface area (Å²) in [6.07, 6.45) is 4.18. The fourth-order valence-electron chi connectivity index (χ4n) is 4.86. The summed E-state index contributed by atoms with van der Waals surface area (Å²) in [4.78, 5) is 54.4. The van der Waals surface area contributed by atoms with Crippen LogP contribution in [0.4, 0.5) is 0 Å². The molecule has 2 rings (SSSR count). The Hall–Kier alpha value is -2.28. The standard InChI is InChI=1S/C24H42N4O8/c1-27(2)21(31)23(33,34)24(22(32)28(3)4,35-19(29)17-9-5-15(13-25)6-10-17)36-20(30)18-11-7-16(14-26)8-12-18/h15-18,33-34H,5-14,25-26H2,1-4H3. The van der Waals surface area contributed by atoms with Crippen LogP contribution in [0.2, 0.25) is 0 Å². The number of ether oxygens (including phenoxy) is 2. The van der Waals surface area contributed by atoms with Gasteiger partial charge in [-0.15, -0.1) is 0 Å². The molecule has 0 aromatic rings. The van der Waals surface area contributed by atoms with Gasteiger partial charge in [0.05, 0.1) is 11.8 Å². The molecule has 0 bridgehead atoms. The van der Waals surface area contributed by atoms with Gasteiger partial charge in [-0.1, -0.05) is 0 Å². The molecule has 0 saturated heterocycles. The lowest BCUT2D eigenvalue weighted by atomic mass is 9.82. The van der Waals surface area contributed by atoms with Crippen molar-refractivity contribution in [3.8, 4) is 0 Å². The molecule has 0 radical (unpaired) electrons. The Labute approximate surface area is 212 Å². The number of likely N-dealkylation sites (N-methyl/N-ethyl adjacent to an activating group) is 2. The topological polar surface area (TPSA) is 186 Å². The summed E-state index contributed by atoms with van der Waals surface area (Å²) in [7, 11) is 4.96. The maximum atomic E-state index is 13.4. The fraction of sp³-hybridized carbons (Fsp3) is 0.833. The summed E-state index contributed by atoms with van der Waals surface area (Å²) in [5.41, 5.74) is 11.4. The molecule has 0 spiro atoms. The van der Waals surface area contributed by atoms with Crippen molar-refractivity contribution in [1.82, 2.24) is 9.80 Å². The van der Waals surface area contributed by atoms with Crippen molar-refractivity contribution in [3.63, 3.8) is 0 Å². The summed E-state index contributed by atoms with van der Waals surface area (Å²) >= 11 is 0. The smallest absolute Gasteiger partial charge is 0.402 e. The van der Waals surface area contributed by atoms with Gasteiger partial charge in [-0.05, 0) is 76.3 Å². The SMILES string of the molecule is CN(C)C(=O)C(O)(O)C(OC(=O)C1CCC(CN)CC1)(OC(=O)C1CCC(CN)CC1)C(=O)N(C)C. The maximum Gasteiger partial charge on any atom is 0.402 e. The first kappa shape index (κ1) is 29.9. The van der Waals surface area contributed by atoms with Crippen LogP contribution in [0.1, 0.15) is 51.4 Å². The van der Waals surface area contributed by atoms with Crippen LogP contribution in [0.25, 0.3) is 0 Å².